The predicted octanol–water partition coefficient (Wildman–Crippen LogP) is 3.81. The van der Waals surface area contributed by atoms with Crippen molar-refractivity contribution in [3.05, 3.63) is 53.5 Å². The van der Waals surface area contributed by atoms with Gasteiger partial charge in [-0.3, -0.25) is 4.79 Å². The second-order valence-electron chi connectivity index (χ2n) is 7.49. The molecule has 0 saturated carbocycles. The summed E-state index contributed by atoms with van der Waals surface area (Å²) in [4.78, 5) is 15.0. The van der Waals surface area contributed by atoms with Crippen LogP contribution in [0.5, 0.6) is 5.75 Å². The predicted molar refractivity (Wildman–Crippen MR) is 97.2 cm³/mol. The summed E-state index contributed by atoms with van der Waals surface area (Å²) in [5.74, 6) is 1.38. The number of amides is 1. The molecule has 4 rings (SSSR count). The molecular weight excluding hydrogens is 330 g/mol. The Morgan fingerprint density at radius 2 is 2.08 bits per heavy atom. The van der Waals surface area contributed by atoms with Gasteiger partial charge in [0.1, 0.15) is 12.4 Å². The molecule has 138 valence electrons. The summed E-state index contributed by atoms with van der Waals surface area (Å²) in [6.07, 6.45) is 4.79. The van der Waals surface area contributed by atoms with Gasteiger partial charge in [-0.1, -0.05) is 17.7 Å². The van der Waals surface area contributed by atoms with Gasteiger partial charge in [0.05, 0.1) is 18.4 Å². The van der Waals surface area contributed by atoms with Gasteiger partial charge in [0.15, 0.2) is 5.76 Å². The Kier molecular flexibility index (Phi) is 4.72. The highest BCUT2D eigenvalue weighted by atomic mass is 16.5. The van der Waals surface area contributed by atoms with Crippen LogP contribution in [0.15, 0.2) is 41.0 Å². The van der Waals surface area contributed by atoms with Crippen LogP contribution >= 0.6 is 0 Å². The normalized spacial score (nSPS) is 22.7. The molecule has 1 aromatic carbocycles. The first kappa shape index (κ1) is 17.2. The number of piperidine rings is 1. The van der Waals surface area contributed by atoms with Crippen LogP contribution in [-0.4, -0.2) is 37.1 Å². The molecule has 2 aliphatic heterocycles. The minimum atomic E-state index is 0.0345. The van der Waals surface area contributed by atoms with Gasteiger partial charge >= 0.3 is 0 Å². The molecule has 2 aliphatic rings. The molecule has 2 aromatic rings. The molecule has 2 saturated heterocycles. The zero-order valence-corrected chi connectivity index (χ0v) is 15.2. The van der Waals surface area contributed by atoms with Crippen molar-refractivity contribution < 1.29 is 18.7 Å². The number of carbonyl (C=O) groups is 1. The lowest BCUT2D eigenvalue weighted by atomic mass is 9.79. The molecule has 1 amide bonds. The molecule has 3 heterocycles. The van der Waals surface area contributed by atoms with Crippen molar-refractivity contribution in [2.75, 3.05) is 26.3 Å². The van der Waals surface area contributed by atoms with Gasteiger partial charge in [-0.2, -0.15) is 0 Å². The first-order chi connectivity index (χ1) is 12.7. The molecule has 0 bridgehead atoms. The Labute approximate surface area is 153 Å². The zero-order valence-electron chi connectivity index (χ0n) is 15.2. The molecule has 0 aliphatic carbocycles. The highest BCUT2D eigenvalue weighted by Gasteiger charge is 2.40. The van der Waals surface area contributed by atoms with Crippen molar-refractivity contribution >= 4 is 5.91 Å². The maximum atomic E-state index is 13.0. The van der Waals surface area contributed by atoms with E-state index in [-0.39, 0.29) is 17.9 Å². The summed E-state index contributed by atoms with van der Waals surface area (Å²) < 4.78 is 16.9. The van der Waals surface area contributed by atoms with E-state index in [1.54, 1.807) is 12.3 Å². The van der Waals surface area contributed by atoms with Crippen molar-refractivity contribution in [3.8, 4) is 5.75 Å². The van der Waals surface area contributed by atoms with Crippen LogP contribution in [0.1, 0.15) is 40.9 Å². The Balaban J connectivity index is 1.43. The molecule has 5 nitrogen and oxygen atoms in total. The van der Waals surface area contributed by atoms with Crippen molar-refractivity contribution in [1.82, 2.24) is 4.90 Å². The monoisotopic (exact) mass is 355 g/mol. The van der Waals surface area contributed by atoms with Gasteiger partial charge in [-0.05, 0) is 44.4 Å². The van der Waals surface area contributed by atoms with Crippen LogP contribution in [0.3, 0.4) is 0 Å². The van der Waals surface area contributed by atoms with E-state index in [0.717, 1.165) is 51.3 Å². The van der Waals surface area contributed by atoms with Crippen LogP contribution in [0, 0.1) is 12.3 Å². The lowest BCUT2D eigenvalue weighted by molar-refractivity contribution is 0.0459. The molecule has 1 spiro atoms. The fourth-order valence-corrected chi connectivity index (χ4v) is 3.95. The number of furan rings is 1. The molecule has 2 fully saturated rings. The molecule has 26 heavy (non-hydrogen) atoms. The first-order valence-electron chi connectivity index (χ1n) is 9.28. The fraction of sp³-hybridized carbons (Fsp3) is 0.476. The van der Waals surface area contributed by atoms with Gasteiger partial charge in [-0.15, -0.1) is 0 Å². The Morgan fingerprint density at radius 3 is 2.85 bits per heavy atom. The number of aryl methyl sites for hydroxylation is 1. The number of hydrogen-bond acceptors (Lipinski definition) is 4. The Hall–Kier alpha value is -2.27. The van der Waals surface area contributed by atoms with Gasteiger partial charge < -0.3 is 18.8 Å². The highest BCUT2D eigenvalue weighted by Crippen LogP contribution is 2.38. The molecule has 0 N–H and O–H groups in total. The Morgan fingerprint density at radius 1 is 1.23 bits per heavy atom. The first-order valence-corrected chi connectivity index (χ1v) is 9.28. The smallest absolute Gasteiger partial charge is 0.257 e. The van der Waals surface area contributed by atoms with Gasteiger partial charge in [0.2, 0.25) is 0 Å². The van der Waals surface area contributed by atoms with Crippen molar-refractivity contribution in [3.63, 3.8) is 0 Å². The molecule has 1 atom stereocenters. The second-order valence-corrected chi connectivity index (χ2v) is 7.49. The van der Waals surface area contributed by atoms with Gasteiger partial charge in [0.25, 0.3) is 5.91 Å². The van der Waals surface area contributed by atoms with E-state index < -0.39 is 0 Å². The van der Waals surface area contributed by atoms with Crippen LogP contribution in [-0.2, 0) is 11.3 Å². The van der Waals surface area contributed by atoms with E-state index in [0.29, 0.717) is 11.3 Å². The van der Waals surface area contributed by atoms with E-state index >= 15 is 0 Å². The summed E-state index contributed by atoms with van der Waals surface area (Å²) in [6.45, 7) is 5.43. The third kappa shape index (κ3) is 3.49. The third-order valence-electron chi connectivity index (χ3n) is 5.50. The zero-order chi connectivity index (χ0) is 18.0. The number of hydrogen-bond donors (Lipinski definition) is 0. The summed E-state index contributed by atoms with van der Waals surface area (Å²) >= 11 is 0. The number of rotatable bonds is 4. The van der Waals surface area contributed by atoms with Crippen molar-refractivity contribution in [2.24, 2.45) is 5.41 Å². The number of benzene rings is 1. The van der Waals surface area contributed by atoms with Crippen LogP contribution in [0.25, 0.3) is 0 Å². The number of carbonyl (C=O) groups excluding carboxylic acids is 1. The number of likely N-dealkylation sites (tertiary alicyclic amines) is 1. The van der Waals surface area contributed by atoms with Gasteiger partial charge in [-0.25, -0.2) is 0 Å². The van der Waals surface area contributed by atoms with E-state index in [4.69, 9.17) is 13.9 Å². The fourth-order valence-electron chi connectivity index (χ4n) is 3.95. The number of ether oxygens (including phenoxy) is 2. The average molecular weight is 355 g/mol. The summed E-state index contributed by atoms with van der Waals surface area (Å²) in [7, 11) is 0. The van der Waals surface area contributed by atoms with Gasteiger partial charge in [0, 0.05) is 25.1 Å². The standard InChI is InChI=1S/C21H25NO4/c1-16-3-5-17(6-4-16)26-13-19-18(7-11-25-19)20(23)22-10-2-8-21(14-22)9-12-24-15-21/h3-7,11H,2,8-10,12-15H2,1H3. The van der Waals surface area contributed by atoms with Crippen molar-refractivity contribution in [1.29, 1.82) is 0 Å². The van der Waals surface area contributed by atoms with Crippen LogP contribution < -0.4 is 4.74 Å². The van der Waals surface area contributed by atoms with E-state index in [1.165, 1.54) is 5.56 Å². The molecule has 1 unspecified atom stereocenters. The number of nitrogens with zero attached hydrogens (tertiary/aromatic N) is 1. The molecule has 5 heteroatoms. The van der Waals surface area contributed by atoms with E-state index in [2.05, 4.69) is 0 Å². The molecular formula is C21H25NO4. The topological polar surface area (TPSA) is 51.9 Å². The maximum Gasteiger partial charge on any atom is 0.257 e. The lowest BCUT2D eigenvalue weighted by Crippen LogP contribution is -2.46. The Bertz CT molecular complexity index is 759. The summed E-state index contributed by atoms with van der Waals surface area (Å²) in [5, 5.41) is 0. The van der Waals surface area contributed by atoms with Crippen LogP contribution in [0.2, 0.25) is 0 Å². The largest absolute Gasteiger partial charge is 0.486 e. The van der Waals surface area contributed by atoms with E-state index in [1.807, 2.05) is 36.1 Å². The van der Waals surface area contributed by atoms with Crippen molar-refractivity contribution in [2.45, 2.75) is 32.8 Å². The summed E-state index contributed by atoms with van der Waals surface area (Å²) in [5.41, 5.74) is 1.94. The van der Waals surface area contributed by atoms with Crippen LogP contribution in [0.4, 0.5) is 0 Å². The maximum absolute atomic E-state index is 13.0. The average Bonchev–Trinajstić information content (AvgIpc) is 3.30. The highest BCUT2D eigenvalue weighted by molar-refractivity contribution is 5.95. The third-order valence-corrected chi connectivity index (χ3v) is 5.50. The minimum absolute atomic E-state index is 0.0345. The quantitative estimate of drug-likeness (QED) is 0.837. The molecule has 1 aromatic heterocycles. The SMILES string of the molecule is Cc1ccc(OCc2occc2C(=O)N2CCCC3(CCOC3)C2)cc1. The molecule has 0 radical (unpaired) electrons. The van der Waals surface area contributed by atoms with E-state index in [9.17, 15) is 4.79 Å². The lowest BCUT2D eigenvalue weighted by Gasteiger charge is -2.39. The second kappa shape index (κ2) is 7.16. The summed E-state index contributed by atoms with van der Waals surface area (Å²) in [6, 6.07) is 9.60. The minimum Gasteiger partial charge on any atom is -0.486 e.